The van der Waals surface area contributed by atoms with Crippen molar-refractivity contribution in [3.8, 4) is 0 Å². The van der Waals surface area contributed by atoms with Gasteiger partial charge in [-0.3, -0.25) is 9.59 Å². The zero-order chi connectivity index (χ0) is 73.2. The van der Waals surface area contributed by atoms with Gasteiger partial charge in [-0.15, -0.1) is 0 Å². The average Bonchev–Trinajstić information content (AvgIpc) is 1.21. The number of carbonyl (C=O) groups excluding carboxylic acids is 2. The fraction of sp³-hybridized carbons (Fsp3) is 0.750. The van der Waals surface area contributed by atoms with Gasteiger partial charge < -0.3 is 28.5 Å². The number of aliphatic carboxylic acids is 1. The van der Waals surface area contributed by atoms with Crippen molar-refractivity contribution in [3.05, 3.63) is 122 Å². The van der Waals surface area contributed by atoms with Gasteiger partial charge in [0.05, 0.1) is 34.4 Å². The Bertz CT molecular complexity index is 2090. The van der Waals surface area contributed by atoms with Crippen LogP contribution in [0, 0.1) is 0 Å². The molecule has 582 valence electrons. The van der Waals surface area contributed by atoms with Crippen LogP contribution in [-0.4, -0.2) is 87.4 Å². The quantitative estimate of drug-likeness (QED) is 0.0211. The molecule has 0 radical (unpaired) electrons. The molecule has 0 fully saturated rings. The topological polar surface area (TPSA) is 108 Å². The summed E-state index contributed by atoms with van der Waals surface area (Å²) < 4.78 is 23.1. The van der Waals surface area contributed by atoms with Crippen molar-refractivity contribution in [1.29, 1.82) is 0 Å². The molecule has 0 rings (SSSR count). The number of carboxylic acids is 1. The second kappa shape index (κ2) is 81.4. The summed E-state index contributed by atoms with van der Waals surface area (Å²) in [7, 11) is 6.00. The van der Waals surface area contributed by atoms with Crippen LogP contribution in [0.1, 0.15) is 386 Å². The molecule has 2 atom stereocenters. The number of hydrogen-bond donors (Lipinski definition) is 1. The van der Waals surface area contributed by atoms with Crippen LogP contribution in [0.5, 0.6) is 0 Å². The summed E-state index contributed by atoms with van der Waals surface area (Å²) in [5, 5.41) is 9.79. The van der Waals surface area contributed by atoms with E-state index < -0.39 is 18.4 Å². The predicted octanol–water partition coefficient (Wildman–Crippen LogP) is 27.8. The van der Waals surface area contributed by atoms with Gasteiger partial charge in [-0.25, -0.2) is 4.79 Å². The Morgan fingerprint density at radius 1 is 0.297 bits per heavy atom. The van der Waals surface area contributed by atoms with E-state index in [1.807, 2.05) is 21.1 Å². The first kappa shape index (κ1) is 96.7. The largest absolute Gasteiger partial charge is 0.477 e. The van der Waals surface area contributed by atoms with Crippen molar-refractivity contribution >= 4 is 17.9 Å². The maximum absolute atomic E-state index is 13.0. The Morgan fingerprint density at radius 3 is 0.792 bits per heavy atom. The van der Waals surface area contributed by atoms with Gasteiger partial charge in [0.2, 0.25) is 0 Å². The van der Waals surface area contributed by atoms with E-state index in [0.29, 0.717) is 17.4 Å². The lowest BCUT2D eigenvalue weighted by Crippen LogP contribution is -2.40. The molecule has 0 bridgehead atoms. The lowest BCUT2D eigenvalue weighted by atomic mass is 10.0. The summed E-state index contributed by atoms with van der Waals surface area (Å²) in [5.74, 6) is -1.98. The fourth-order valence-electron chi connectivity index (χ4n) is 12.3. The predicted molar refractivity (Wildman–Crippen MR) is 438 cm³/mol. The third-order valence-electron chi connectivity index (χ3n) is 18.7. The molecular formula is C92H162NO8+. The van der Waals surface area contributed by atoms with E-state index in [1.165, 1.54) is 257 Å². The first-order valence-electron chi connectivity index (χ1n) is 42.7. The van der Waals surface area contributed by atoms with Gasteiger partial charge in [-0.1, -0.05) is 392 Å². The van der Waals surface area contributed by atoms with E-state index in [4.69, 9.17) is 18.9 Å². The van der Waals surface area contributed by atoms with Crippen molar-refractivity contribution in [2.45, 2.75) is 399 Å². The Morgan fingerprint density at radius 2 is 0.535 bits per heavy atom. The number of nitrogens with zero attached hydrogens (tertiary/aromatic N) is 1. The van der Waals surface area contributed by atoms with Crippen LogP contribution in [0.2, 0.25) is 0 Å². The molecule has 0 aromatic carbocycles. The maximum atomic E-state index is 13.0. The van der Waals surface area contributed by atoms with Crippen LogP contribution in [0.4, 0.5) is 0 Å². The minimum absolute atomic E-state index is 0.180. The number of rotatable bonds is 79. The van der Waals surface area contributed by atoms with E-state index in [2.05, 4.69) is 135 Å². The Hall–Kier alpha value is -4.31. The Kier molecular flexibility index (Phi) is 77.9. The van der Waals surface area contributed by atoms with E-state index in [1.54, 1.807) is 0 Å². The van der Waals surface area contributed by atoms with Gasteiger partial charge >= 0.3 is 17.9 Å². The van der Waals surface area contributed by atoms with Crippen LogP contribution in [-0.2, 0) is 33.3 Å². The van der Waals surface area contributed by atoms with Crippen LogP contribution in [0.15, 0.2) is 122 Å². The van der Waals surface area contributed by atoms with Crippen LogP contribution >= 0.6 is 0 Å². The molecule has 0 spiro atoms. The summed E-state index contributed by atoms with van der Waals surface area (Å²) in [6, 6.07) is 0. The highest BCUT2D eigenvalue weighted by Crippen LogP contribution is 2.20. The lowest BCUT2D eigenvalue weighted by molar-refractivity contribution is -0.870. The summed E-state index contributed by atoms with van der Waals surface area (Å²) in [4.78, 5) is 37.8. The van der Waals surface area contributed by atoms with Crippen molar-refractivity contribution in [1.82, 2.24) is 0 Å². The Balaban J connectivity index is 3.95. The number of allylic oxidation sites excluding steroid dienone is 20. The second-order valence-electron chi connectivity index (χ2n) is 29.7. The summed E-state index contributed by atoms with van der Waals surface area (Å²) in [6.45, 7) is 4.70. The number of likely N-dealkylation sites (N-methyl/N-ethyl adjacent to an activating group) is 1. The molecule has 101 heavy (non-hydrogen) atoms. The number of unbranched alkanes of at least 4 members (excludes halogenated alkanes) is 44. The van der Waals surface area contributed by atoms with E-state index >= 15 is 0 Å². The van der Waals surface area contributed by atoms with Gasteiger partial charge in [-0.2, -0.15) is 0 Å². The monoisotopic (exact) mass is 1410 g/mol. The highest BCUT2D eigenvalue weighted by Gasteiger charge is 2.25. The third-order valence-corrected chi connectivity index (χ3v) is 18.7. The third kappa shape index (κ3) is 82.8. The molecule has 0 aliphatic rings. The molecule has 9 nitrogen and oxygen atoms in total. The summed E-state index contributed by atoms with van der Waals surface area (Å²) in [6.07, 6.45) is 114. The van der Waals surface area contributed by atoms with Gasteiger partial charge in [0.25, 0.3) is 6.29 Å². The number of esters is 2. The maximum Gasteiger partial charge on any atom is 0.361 e. The lowest BCUT2D eigenvalue weighted by Gasteiger charge is -2.25. The van der Waals surface area contributed by atoms with E-state index in [-0.39, 0.29) is 38.2 Å². The number of ether oxygens (including phenoxy) is 4. The van der Waals surface area contributed by atoms with E-state index in [9.17, 15) is 19.5 Å². The van der Waals surface area contributed by atoms with Gasteiger partial charge in [0.15, 0.2) is 6.10 Å². The SMILES string of the molecule is CC/C=C\C/C=C\C/C=C\C/C=C\C/C=C\C/C=C\CCCCCCCCCCCCCCCCCCCCCCCCC(=O)OC(COC(=O)CCCCCCCCCCCCCCCCCCCCCCCC/C=C\C/C=C\C/C=C\C/C=C\CC)COC(OCC[N+](C)(C)C)C(=O)O. The minimum Gasteiger partial charge on any atom is -0.477 e. The molecule has 0 aromatic heterocycles. The van der Waals surface area contributed by atoms with Crippen LogP contribution < -0.4 is 0 Å². The molecule has 0 saturated heterocycles. The molecule has 0 aliphatic heterocycles. The fourth-order valence-corrected chi connectivity index (χ4v) is 12.3. The summed E-state index contributed by atoms with van der Waals surface area (Å²) in [5.41, 5.74) is 0. The normalized spacial score (nSPS) is 13.2. The standard InChI is InChI=1S/C92H161NO8/c1-6-8-10-12-14-16-18-20-22-24-26-28-30-32-34-36-38-40-42-43-44-45-46-47-49-51-53-55-57-59-61-63-65-67-69-71-73-75-77-79-81-83-90(95)101-88(87-100-92(91(96)97)98-85-84-93(3,4)5)86-99-89(94)82-80-78-76-74-72-70-68-66-64-62-60-58-56-54-52-50-48-41-39-37-35-33-31-29-27-25-23-21-19-17-15-13-11-9-7-2/h8-11,14-17,20-23,26-29,32,34,38,40,88,92H,6-7,12-13,18-19,24-25,30-31,33,35-37,39,41-87H2,1-5H3/p+1/b10-8-,11-9-,16-14-,17-15-,22-20-,23-21-,28-26-,29-27-,34-32-,40-38-. The molecule has 0 heterocycles. The number of quaternary nitrogens is 1. The Labute approximate surface area is 625 Å². The highest BCUT2D eigenvalue weighted by atomic mass is 16.7. The zero-order valence-corrected chi connectivity index (χ0v) is 66.8. The van der Waals surface area contributed by atoms with Gasteiger partial charge in [-0.05, 0) is 103 Å². The van der Waals surface area contributed by atoms with Crippen LogP contribution in [0.25, 0.3) is 0 Å². The number of carboxylic acid groups (broad SMARTS) is 1. The summed E-state index contributed by atoms with van der Waals surface area (Å²) >= 11 is 0. The molecular weight excluding hydrogens is 1250 g/mol. The number of hydrogen-bond acceptors (Lipinski definition) is 7. The van der Waals surface area contributed by atoms with Crippen molar-refractivity contribution in [2.75, 3.05) is 47.5 Å². The molecule has 1 N–H and O–H groups in total. The average molecular weight is 1410 g/mol. The number of carbonyl (C=O) groups is 3. The smallest absolute Gasteiger partial charge is 0.361 e. The molecule has 0 saturated carbocycles. The molecule has 0 aromatic rings. The van der Waals surface area contributed by atoms with E-state index in [0.717, 1.165) is 103 Å². The van der Waals surface area contributed by atoms with Gasteiger partial charge in [0.1, 0.15) is 13.2 Å². The minimum atomic E-state index is -1.51. The molecule has 2 unspecified atom stereocenters. The van der Waals surface area contributed by atoms with Crippen LogP contribution in [0.3, 0.4) is 0 Å². The zero-order valence-electron chi connectivity index (χ0n) is 66.8. The molecule has 0 aliphatic carbocycles. The van der Waals surface area contributed by atoms with Crippen molar-refractivity contribution < 1.29 is 42.9 Å². The molecule has 9 heteroatoms. The molecule has 0 amide bonds. The second-order valence-corrected chi connectivity index (χ2v) is 29.7. The first-order valence-corrected chi connectivity index (χ1v) is 42.7. The van der Waals surface area contributed by atoms with Gasteiger partial charge in [0, 0.05) is 12.8 Å². The van der Waals surface area contributed by atoms with Crippen molar-refractivity contribution in [3.63, 3.8) is 0 Å². The highest BCUT2D eigenvalue weighted by molar-refractivity contribution is 5.71. The van der Waals surface area contributed by atoms with Crippen molar-refractivity contribution in [2.24, 2.45) is 0 Å². The first-order chi connectivity index (χ1) is 49.6.